The van der Waals surface area contributed by atoms with E-state index in [9.17, 15) is 0 Å². The third kappa shape index (κ3) is 2.54. The molecule has 1 saturated carbocycles. The molecule has 106 valence electrons. The minimum Gasteiger partial charge on any atom is -0.322 e. The zero-order valence-corrected chi connectivity index (χ0v) is 12.5. The van der Waals surface area contributed by atoms with Crippen LogP contribution in [0, 0.1) is 6.92 Å². The molecule has 1 fully saturated rings. The van der Waals surface area contributed by atoms with Crippen LogP contribution in [0.4, 0.5) is 0 Å². The summed E-state index contributed by atoms with van der Waals surface area (Å²) in [4.78, 5) is 6.85. The average molecular weight is 261 g/mol. The second-order valence-corrected chi connectivity index (χ2v) is 5.69. The highest BCUT2D eigenvalue weighted by molar-refractivity contribution is 5.28. The third-order valence-corrected chi connectivity index (χ3v) is 4.86. The van der Waals surface area contributed by atoms with E-state index in [4.69, 9.17) is 5.73 Å². The minimum atomic E-state index is 0.0728. The van der Waals surface area contributed by atoms with E-state index in [0.29, 0.717) is 0 Å². The normalized spacial score (nSPS) is 19.8. The quantitative estimate of drug-likeness (QED) is 0.886. The van der Waals surface area contributed by atoms with Crippen LogP contribution in [-0.4, -0.2) is 28.5 Å². The molecule has 0 saturated heterocycles. The summed E-state index contributed by atoms with van der Waals surface area (Å²) >= 11 is 0. The van der Waals surface area contributed by atoms with Gasteiger partial charge in [0.25, 0.3) is 0 Å². The highest BCUT2D eigenvalue weighted by Crippen LogP contribution is 2.43. The molecule has 0 aliphatic heterocycles. The van der Waals surface area contributed by atoms with Gasteiger partial charge >= 0.3 is 0 Å². The van der Waals surface area contributed by atoms with E-state index in [1.165, 1.54) is 36.8 Å². The topological polar surface area (TPSA) is 42.1 Å². The zero-order valence-electron chi connectivity index (χ0n) is 12.5. The monoisotopic (exact) mass is 261 g/mol. The molecule has 2 N–H and O–H groups in total. The van der Waals surface area contributed by atoms with Crippen LogP contribution in [-0.2, 0) is 0 Å². The zero-order chi connectivity index (χ0) is 13.9. The summed E-state index contributed by atoms with van der Waals surface area (Å²) in [6.45, 7) is 8.77. The van der Waals surface area contributed by atoms with Crippen LogP contribution in [0.5, 0.6) is 0 Å². The van der Waals surface area contributed by atoms with E-state index in [-0.39, 0.29) is 11.6 Å². The van der Waals surface area contributed by atoms with Crippen LogP contribution in [0.15, 0.2) is 18.5 Å². The second kappa shape index (κ2) is 6.02. The lowest BCUT2D eigenvalue weighted by atomic mass is 9.81. The van der Waals surface area contributed by atoms with Gasteiger partial charge < -0.3 is 5.73 Å². The van der Waals surface area contributed by atoms with Gasteiger partial charge in [0.1, 0.15) is 0 Å². The number of aromatic nitrogens is 1. The number of likely N-dealkylation sites (N-methyl/N-ethyl adjacent to an activating group) is 1. The van der Waals surface area contributed by atoms with Gasteiger partial charge in [-0.2, -0.15) is 0 Å². The van der Waals surface area contributed by atoms with E-state index in [0.717, 1.165) is 13.1 Å². The first-order valence-corrected chi connectivity index (χ1v) is 7.57. The molecule has 1 aromatic rings. The highest BCUT2D eigenvalue weighted by atomic mass is 15.2. The van der Waals surface area contributed by atoms with E-state index < -0.39 is 0 Å². The number of aryl methyl sites for hydroxylation is 1. The Hall–Kier alpha value is -0.930. The summed E-state index contributed by atoms with van der Waals surface area (Å²) in [5, 5.41) is 0. The molecule has 1 aliphatic rings. The van der Waals surface area contributed by atoms with Gasteiger partial charge in [0.05, 0.1) is 0 Å². The van der Waals surface area contributed by atoms with Crippen molar-refractivity contribution >= 4 is 0 Å². The maximum Gasteiger partial charge on any atom is 0.0500 e. The van der Waals surface area contributed by atoms with Crippen molar-refractivity contribution in [3.8, 4) is 0 Å². The molecule has 2 rings (SSSR count). The first-order chi connectivity index (χ1) is 9.15. The largest absolute Gasteiger partial charge is 0.322 e. The van der Waals surface area contributed by atoms with Crippen molar-refractivity contribution in [1.29, 1.82) is 0 Å². The lowest BCUT2D eigenvalue weighted by Crippen LogP contribution is -2.53. The fraction of sp³-hybridized carbons (Fsp3) is 0.688. The first-order valence-electron chi connectivity index (χ1n) is 7.57. The van der Waals surface area contributed by atoms with Gasteiger partial charge in [-0.05, 0) is 50.0 Å². The maximum absolute atomic E-state index is 6.71. The average Bonchev–Trinajstić information content (AvgIpc) is 2.90. The SMILES string of the molecule is CCN(CC)C1(C(N)c2cnccc2C)CCCC1. The van der Waals surface area contributed by atoms with Gasteiger partial charge in [-0.25, -0.2) is 0 Å². The Morgan fingerprint density at radius 2 is 1.95 bits per heavy atom. The van der Waals surface area contributed by atoms with E-state index in [1.54, 1.807) is 0 Å². The number of nitrogens with zero attached hydrogens (tertiary/aromatic N) is 2. The van der Waals surface area contributed by atoms with Crippen molar-refractivity contribution in [2.24, 2.45) is 5.73 Å². The molecule has 19 heavy (non-hydrogen) atoms. The lowest BCUT2D eigenvalue weighted by molar-refractivity contribution is 0.0767. The van der Waals surface area contributed by atoms with Crippen molar-refractivity contribution in [3.05, 3.63) is 29.6 Å². The number of nitrogens with two attached hydrogens (primary N) is 1. The fourth-order valence-electron chi connectivity index (χ4n) is 3.76. The van der Waals surface area contributed by atoms with Crippen LogP contribution in [0.2, 0.25) is 0 Å². The molecule has 3 nitrogen and oxygen atoms in total. The number of hydrogen-bond donors (Lipinski definition) is 1. The van der Waals surface area contributed by atoms with Crippen molar-refractivity contribution in [2.45, 2.75) is 58.0 Å². The Balaban J connectivity index is 2.37. The molecule has 0 radical (unpaired) electrons. The summed E-state index contributed by atoms with van der Waals surface area (Å²) in [5.74, 6) is 0. The minimum absolute atomic E-state index is 0.0728. The fourth-order valence-corrected chi connectivity index (χ4v) is 3.76. The Bertz CT molecular complexity index is 406. The predicted octanol–water partition coefficient (Wildman–Crippen LogP) is 3.04. The first kappa shape index (κ1) is 14.5. The molecule has 1 heterocycles. The van der Waals surface area contributed by atoms with Crippen molar-refractivity contribution in [2.75, 3.05) is 13.1 Å². The number of pyridine rings is 1. The van der Waals surface area contributed by atoms with Gasteiger partial charge in [-0.15, -0.1) is 0 Å². The second-order valence-electron chi connectivity index (χ2n) is 5.69. The molecule has 1 atom stereocenters. The van der Waals surface area contributed by atoms with Crippen LogP contribution in [0.3, 0.4) is 0 Å². The summed E-state index contributed by atoms with van der Waals surface area (Å²) in [5.41, 5.74) is 9.33. The van der Waals surface area contributed by atoms with E-state index in [1.807, 2.05) is 12.4 Å². The van der Waals surface area contributed by atoms with Crippen molar-refractivity contribution in [1.82, 2.24) is 9.88 Å². The summed E-state index contributed by atoms with van der Waals surface area (Å²) in [6, 6.07) is 2.14. The molecule has 1 aromatic heterocycles. The number of rotatable bonds is 5. The molecule has 1 unspecified atom stereocenters. The molecule has 0 aromatic carbocycles. The Morgan fingerprint density at radius 1 is 1.32 bits per heavy atom. The Labute approximate surface area is 117 Å². The van der Waals surface area contributed by atoms with Crippen molar-refractivity contribution in [3.63, 3.8) is 0 Å². The maximum atomic E-state index is 6.71. The van der Waals surface area contributed by atoms with Crippen molar-refractivity contribution < 1.29 is 0 Å². The van der Waals surface area contributed by atoms with Crippen LogP contribution >= 0.6 is 0 Å². The summed E-state index contributed by atoms with van der Waals surface area (Å²) in [6.07, 6.45) is 8.83. The summed E-state index contributed by atoms with van der Waals surface area (Å²) in [7, 11) is 0. The summed E-state index contributed by atoms with van der Waals surface area (Å²) < 4.78 is 0. The molecule has 0 spiro atoms. The third-order valence-electron chi connectivity index (χ3n) is 4.86. The van der Waals surface area contributed by atoms with E-state index in [2.05, 4.69) is 36.7 Å². The van der Waals surface area contributed by atoms with Gasteiger partial charge in [-0.1, -0.05) is 26.7 Å². The van der Waals surface area contributed by atoms with Gasteiger partial charge in [0, 0.05) is 24.0 Å². The predicted molar refractivity (Wildman–Crippen MR) is 80.0 cm³/mol. The molecule has 3 heteroatoms. The lowest BCUT2D eigenvalue weighted by Gasteiger charge is -2.45. The smallest absolute Gasteiger partial charge is 0.0500 e. The Morgan fingerprint density at radius 3 is 2.47 bits per heavy atom. The molecule has 0 bridgehead atoms. The van der Waals surface area contributed by atoms with Crippen LogP contribution < -0.4 is 5.73 Å². The van der Waals surface area contributed by atoms with E-state index >= 15 is 0 Å². The van der Waals surface area contributed by atoms with Crippen LogP contribution in [0.25, 0.3) is 0 Å². The molecule has 0 amide bonds. The van der Waals surface area contributed by atoms with Gasteiger partial charge in [0.2, 0.25) is 0 Å². The highest BCUT2D eigenvalue weighted by Gasteiger charge is 2.44. The molecule has 1 aliphatic carbocycles. The Kier molecular flexibility index (Phi) is 4.58. The van der Waals surface area contributed by atoms with Crippen LogP contribution in [0.1, 0.15) is 56.7 Å². The molecular formula is C16H27N3. The number of hydrogen-bond acceptors (Lipinski definition) is 3. The molecular weight excluding hydrogens is 234 g/mol. The standard InChI is InChI=1S/C16H27N3/c1-4-19(5-2)16(9-6-7-10-16)15(17)14-12-18-11-8-13(14)3/h8,11-12,15H,4-7,9-10,17H2,1-3H3. The van der Waals surface area contributed by atoms with Gasteiger partial charge in [-0.3, -0.25) is 9.88 Å². The van der Waals surface area contributed by atoms with Gasteiger partial charge in [0.15, 0.2) is 0 Å².